The summed E-state index contributed by atoms with van der Waals surface area (Å²) in [5.74, 6) is -1.15. The van der Waals surface area contributed by atoms with Crippen LogP contribution in [-0.4, -0.2) is 22.5 Å². The number of carboxylic acids is 1. The summed E-state index contributed by atoms with van der Waals surface area (Å²) in [4.78, 5) is 25.6. The Kier molecular flexibility index (Phi) is 6.20. The summed E-state index contributed by atoms with van der Waals surface area (Å²) in [7, 11) is 0. The van der Waals surface area contributed by atoms with Crippen LogP contribution in [-0.2, 0) is 16.0 Å². The molecule has 1 aromatic rings. The summed E-state index contributed by atoms with van der Waals surface area (Å²) in [6.07, 6.45) is 3.14. The highest BCUT2D eigenvalue weighted by Gasteiger charge is 2.33. The van der Waals surface area contributed by atoms with E-state index in [1.807, 2.05) is 6.92 Å². The first-order chi connectivity index (χ1) is 9.37. The van der Waals surface area contributed by atoms with Crippen LogP contribution in [0.2, 0.25) is 0 Å². The molecule has 1 aromatic heterocycles. The zero-order chi connectivity index (χ0) is 15.2. The molecule has 0 fully saturated rings. The molecule has 0 aromatic carbocycles. The zero-order valence-corrected chi connectivity index (χ0v) is 13.2. The lowest BCUT2D eigenvalue weighted by atomic mass is 9.96. The zero-order valence-electron chi connectivity index (χ0n) is 12.4. The Hall–Kier alpha value is -1.36. The predicted octanol–water partition coefficient (Wildman–Crippen LogP) is 3.14. The number of rotatable bonds is 8. The minimum atomic E-state index is -1.15. The second-order valence-electron chi connectivity index (χ2n) is 5.30. The van der Waals surface area contributed by atoms with Crippen molar-refractivity contribution in [3.05, 3.63) is 21.9 Å². The second-order valence-corrected chi connectivity index (χ2v) is 6.67. The number of aliphatic carboxylic acids is 1. The van der Waals surface area contributed by atoms with E-state index in [9.17, 15) is 14.7 Å². The molecular weight excluding hydrogens is 274 g/mol. The minimum absolute atomic E-state index is 0.184. The molecule has 0 radical (unpaired) electrons. The molecule has 1 amide bonds. The Morgan fingerprint density at radius 3 is 2.60 bits per heavy atom. The molecule has 0 saturated carbocycles. The van der Waals surface area contributed by atoms with E-state index in [1.165, 1.54) is 9.75 Å². The van der Waals surface area contributed by atoms with Gasteiger partial charge in [-0.25, -0.2) is 4.79 Å². The third-order valence-corrected chi connectivity index (χ3v) is 4.32. The number of amides is 1. The van der Waals surface area contributed by atoms with Crippen LogP contribution in [0.4, 0.5) is 0 Å². The number of carboxylic acid groups (broad SMARTS) is 1. The van der Waals surface area contributed by atoms with Gasteiger partial charge in [-0.2, -0.15) is 0 Å². The summed E-state index contributed by atoms with van der Waals surface area (Å²) in [6, 6.07) is 4.15. The predicted molar refractivity (Wildman–Crippen MR) is 81.1 cm³/mol. The molecule has 0 saturated heterocycles. The maximum Gasteiger partial charge on any atom is 0.329 e. The Bertz CT molecular complexity index is 469. The van der Waals surface area contributed by atoms with Crippen molar-refractivity contribution in [2.24, 2.45) is 0 Å². The first-order valence-corrected chi connectivity index (χ1v) is 7.79. The molecule has 0 spiro atoms. The van der Waals surface area contributed by atoms with Crippen molar-refractivity contribution in [1.82, 2.24) is 5.32 Å². The fourth-order valence-electron chi connectivity index (χ4n) is 2.14. The highest BCUT2D eigenvalue weighted by Crippen LogP contribution is 2.18. The average molecular weight is 297 g/mol. The number of nitrogens with one attached hydrogen (secondary N) is 1. The summed E-state index contributed by atoms with van der Waals surface area (Å²) >= 11 is 1.74. The van der Waals surface area contributed by atoms with E-state index in [0.29, 0.717) is 12.8 Å². The lowest BCUT2D eigenvalue weighted by Gasteiger charge is -2.25. The summed E-state index contributed by atoms with van der Waals surface area (Å²) < 4.78 is 0. The van der Waals surface area contributed by atoms with Crippen LogP contribution in [0.25, 0.3) is 0 Å². The molecule has 20 heavy (non-hydrogen) atoms. The molecule has 112 valence electrons. The standard InChI is InChI=1S/C15H23NO3S/c1-4-10-15(3,14(18)19)16-13(17)7-5-6-12-9-8-11(2)20-12/h8-9H,4-7,10H2,1-3H3,(H,16,17)(H,18,19). The van der Waals surface area contributed by atoms with Gasteiger partial charge in [0.1, 0.15) is 5.54 Å². The maximum absolute atomic E-state index is 11.9. The van der Waals surface area contributed by atoms with Gasteiger partial charge in [0, 0.05) is 16.2 Å². The average Bonchev–Trinajstić information content (AvgIpc) is 2.75. The van der Waals surface area contributed by atoms with E-state index in [1.54, 1.807) is 18.3 Å². The Balaban J connectivity index is 2.40. The number of hydrogen-bond acceptors (Lipinski definition) is 3. The minimum Gasteiger partial charge on any atom is -0.480 e. The number of carbonyl (C=O) groups is 2. The van der Waals surface area contributed by atoms with Gasteiger partial charge in [-0.05, 0) is 45.2 Å². The fourth-order valence-corrected chi connectivity index (χ4v) is 3.07. The van der Waals surface area contributed by atoms with Crippen molar-refractivity contribution in [2.75, 3.05) is 0 Å². The Labute approximate surface area is 124 Å². The molecule has 5 heteroatoms. The van der Waals surface area contributed by atoms with Crippen LogP contribution in [0.3, 0.4) is 0 Å². The van der Waals surface area contributed by atoms with Crippen LogP contribution in [0.5, 0.6) is 0 Å². The van der Waals surface area contributed by atoms with Crippen molar-refractivity contribution < 1.29 is 14.7 Å². The van der Waals surface area contributed by atoms with E-state index in [-0.39, 0.29) is 5.91 Å². The van der Waals surface area contributed by atoms with Gasteiger partial charge < -0.3 is 10.4 Å². The first kappa shape index (κ1) is 16.7. The van der Waals surface area contributed by atoms with Crippen molar-refractivity contribution in [3.8, 4) is 0 Å². The quantitative estimate of drug-likeness (QED) is 0.774. The molecule has 0 aliphatic rings. The third-order valence-electron chi connectivity index (χ3n) is 3.26. The molecule has 4 nitrogen and oxygen atoms in total. The fraction of sp³-hybridized carbons (Fsp3) is 0.600. The highest BCUT2D eigenvalue weighted by atomic mass is 32.1. The third kappa shape index (κ3) is 4.96. The molecule has 0 aliphatic carbocycles. The molecule has 1 rings (SSSR count). The number of carbonyl (C=O) groups excluding carboxylic acids is 1. The van der Waals surface area contributed by atoms with Crippen LogP contribution >= 0.6 is 11.3 Å². The van der Waals surface area contributed by atoms with Gasteiger partial charge in [0.05, 0.1) is 0 Å². The first-order valence-electron chi connectivity index (χ1n) is 6.97. The van der Waals surface area contributed by atoms with Crippen LogP contribution in [0.1, 0.15) is 49.3 Å². The van der Waals surface area contributed by atoms with Gasteiger partial charge in [0.25, 0.3) is 0 Å². The van der Waals surface area contributed by atoms with Crippen molar-refractivity contribution in [3.63, 3.8) is 0 Å². The summed E-state index contributed by atoms with van der Waals surface area (Å²) in [5, 5.41) is 11.9. The molecule has 0 bridgehead atoms. The molecule has 1 heterocycles. The van der Waals surface area contributed by atoms with E-state index in [2.05, 4.69) is 24.4 Å². The van der Waals surface area contributed by atoms with Gasteiger partial charge in [-0.1, -0.05) is 13.3 Å². The van der Waals surface area contributed by atoms with Crippen LogP contribution in [0, 0.1) is 6.92 Å². The van der Waals surface area contributed by atoms with E-state index in [4.69, 9.17) is 0 Å². The van der Waals surface area contributed by atoms with Gasteiger partial charge in [-0.3, -0.25) is 4.79 Å². The van der Waals surface area contributed by atoms with Crippen molar-refractivity contribution in [1.29, 1.82) is 0 Å². The molecular formula is C15H23NO3S. The normalized spacial score (nSPS) is 13.8. The maximum atomic E-state index is 11.9. The lowest BCUT2D eigenvalue weighted by molar-refractivity contribution is -0.147. The van der Waals surface area contributed by atoms with Gasteiger partial charge >= 0.3 is 5.97 Å². The van der Waals surface area contributed by atoms with Crippen LogP contribution < -0.4 is 5.32 Å². The Morgan fingerprint density at radius 2 is 2.10 bits per heavy atom. The number of thiophene rings is 1. The van der Waals surface area contributed by atoms with Crippen molar-refractivity contribution >= 4 is 23.2 Å². The smallest absolute Gasteiger partial charge is 0.329 e. The molecule has 1 atom stereocenters. The van der Waals surface area contributed by atoms with Crippen molar-refractivity contribution in [2.45, 2.75) is 58.4 Å². The van der Waals surface area contributed by atoms with Gasteiger partial charge in [0.15, 0.2) is 0 Å². The summed E-state index contributed by atoms with van der Waals surface area (Å²) in [6.45, 7) is 5.54. The second kappa shape index (κ2) is 7.43. The topological polar surface area (TPSA) is 66.4 Å². The highest BCUT2D eigenvalue weighted by molar-refractivity contribution is 7.11. The molecule has 2 N–H and O–H groups in total. The lowest BCUT2D eigenvalue weighted by Crippen LogP contribution is -2.52. The number of hydrogen-bond donors (Lipinski definition) is 2. The molecule has 0 aliphatic heterocycles. The van der Waals surface area contributed by atoms with Crippen LogP contribution in [0.15, 0.2) is 12.1 Å². The summed E-state index contributed by atoms with van der Waals surface area (Å²) in [5.41, 5.74) is -1.15. The largest absolute Gasteiger partial charge is 0.480 e. The number of aryl methyl sites for hydroxylation is 2. The van der Waals surface area contributed by atoms with Gasteiger partial charge in [0.2, 0.25) is 5.91 Å². The SMILES string of the molecule is CCCC(C)(NC(=O)CCCc1ccc(C)s1)C(=O)O. The van der Waals surface area contributed by atoms with Gasteiger partial charge in [-0.15, -0.1) is 11.3 Å². The van der Waals surface area contributed by atoms with E-state index < -0.39 is 11.5 Å². The van der Waals surface area contributed by atoms with E-state index in [0.717, 1.165) is 19.3 Å². The Morgan fingerprint density at radius 1 is 1.40 bits per heavy atom. The monoisotopic (exact) mass is 297 g/mol. The van der Waals surface area contributed by atoms with E-state index >= 15 is 0 Å². The molecule has 1 unspecified atom stereocenters.